The van der Waals surface area contributed by atoms with Crippen molar-refractivity contribution in [2.45, 2.75) is 26.8 Å². The number of carbonyl (C=O) groups is 2. The second-order valence-corrected chi connectivity index (χ2v) is 8.38. The predicted octanol–water partition coefficient (Wildman–Crippen LogP) is 3.13. The Balaban J connectivity index is 1.47. The average molecular weight is 449 g/mol. The van der Waals surface area contributed by atoms with Gasteiger partial charge in [0.2, 0.25) is 5.56 Å². The first kappa shape index (κ1) is 21.3. The molecule has 0 saturated heterocycles. The molecule has 0 saturated carbocycles. The van der Waals surface area contributed by atoms with Crippen molar-refractivity contribution in [2.24, 2.45) is 0 Å². The van der Waals surface area contributed by atoms with Crippen molar-refractivity contribution < 1.29 is 9.59 Å². The number of rotatable bonds is 5. The van der Waals surface area contributed by atoms with Crippen LogP contribution in [0.25, 0.3) is 11.0 Å². The highest BCUT2D eigenvalue weighted by Crippen LogP contribution is 2.22. The fourth-order valence-electron chi connectivity index (χ4n) is 3.08. The number of nitrogens with one attached hydrogen (secondary N) is 3. The normalized spacial score (nSPS) is 11.8. The SMILES string of the molecule is Cc1ccc(NC(=O)c2cnc([C@@H](C)NC(=O)c3ncnc4[nH]c(=O)ccc34)s2)cc1C. The molecule has 0 aliphatic heterocycles. The van der Waals surface area contributed by atoms with Gasteiger partial charge >= 0.3 is 0 Å². The highest BCUT2D eigenvalue weighted by Gasteiger charge is 2.20. The lowest BCUT2D eigenvalue weighted by Gasteiger charge is -2.11. The zero-order chi connectivity index (χ0) is 22.8. The van der Waals surface area contributed by atoms with E-state index in [1.807, 2.05) is 32.0 Å². The molecule has 4 rings (SSSR count). The molecule has 3 heterocycles. The van der Waals surface area contributed by atoms with Gasteiger partial charge in [-0.1, -0.05) is 6.07 Å². The van der Waals surface area contributed by atoms with Gasteiger partial charge in [-0.3, -0.25) is 14.4 Å². The van der Waals surface area contributed by atoms with E-state index in [-0.39, 0.29) is 22.8 Å². The summed E-state index contributed by atoms with van der Waals surface area (Å²) in [4.78, 5) is 52.2. The monoisotopic (exact) mass is 448 g/mol. The lowest BCUT2D eigenvalue weighted by atomic mass is 10.1. The number of thiazole rings is 1. The molecule has 0 bridgehead atoms. The quantitative estimate of drug-likeness (QED) is 0.430. The van der Waals surface area contributed by atoms with Crippen molar-refractivity contribution >= 4 is 39.9 Å². The summed E-state index contributed by atoms with van der Waals surface area (Å²) in [6.07, 6.45) is 2.71. The molecule has 9 nitrogen and oxygen atoms in total. The summed E-state index contributed by atoms with van der Waals surface area (Å²) in [5.74, 6) is -0.699. The van der Waals surface area contributed by atoms with Crippen LogP contribution < -0.4 is 16.2 Å². The number of hydrogen-bond donors (Lipinski definition) is 3. The topological polar surface area (TPSA) is 130 Å². The van der Waals surface area contributed by atoms with Gasteiger partial charge in [-0.15, -0.1) is 11.3 Å². The summed E-state index contributed by atoms with van der Waals surface area (Å²) in [6.45, 7) is 5.77. The van der Waals surface area contributed by atoms with E-state index in [9.17, 15) is 14.4 Å². The number of anilines is 1. The molecule has 3 aromatic heterocycles. The highest BCUT2D eigenvalue weighted by atomic mass is 32.1. The van der Waals surface area contributed by atoms with Gasteiger partial charge in [-0.2, -0.15) is 0 Å². The highest BCUT2D eigenvalue weighted by molar-refractivity contribution is 7.13. The van der Waals surface area contributed by atoms with Crippen LogP contribution in [0.1, 0.15) is 49.3 Å². The number of aromatic nitrogens is 4. The number of nitrogens with zero attached hydrogens (tertiary/aromatic N) is 3. The first-order valence-corrected chi connectivity index (χ1v) is 10.6. The Morgan fingerprint density at radius 2 is 1.84 bits per heavy atom. The Labute approximate surface area is 187 Å². The van der Waals surface area contributed by atoms with Crippen molar-refractivity contribution in [1.82, 2.24) is 25.3 Å². The standard InChI is InChI=1S/C22H20N6O3S/c1-11-4-5-14(8-12(11)2)27-20(30)16-9-23-22(32-16)13(3)26-21(31)18-15-6-7-17(29)28-19(15)25-10-24-18/h4-10,13H,1-3H3,(H,26,31)(H,27,30)(H,24,25,28,29)/t13-/m1/s1. The summed E-state index contributed by atoms with van der Waals surface area (Å²) in [5.41, 5.74) is 3.06. The molecule has 162 valence electrons. The maximum atomic E-state index is 12.8. The molecule has 32 heavy (non-hydrogen) atoms. The van der Waals surface area contributed by atoms with E-state index in [1.165, 1.54) is 36.0 Å². The van der Waals surface area contributed by atoms with Crippen LogP contribution in [0.2, 0.25) is 0 Å². The number of H-pyrrole nitrogens is 1. The van der Waals surface area contributed by atoms with E-state index in [0.717, 1.165) is 11.1 Å². The number of benzene rings is 1. The van der Waals surface area contributed by atoms with Gasteiger partial charge in [0.1, 0.15) is 27.6 Å². The van der Waals surface area contributed by atoms with Crippen molar-refractivity contribution in [3.63, 3.8) is 0 Å². The zero-order valence-corrected chi connectivity index (χ0v) is 18.4. The molecule has 0 aliphatic carbocycles. The molecule has 2 amide bonds. The molecule has 1 atom stereocenters. The minimum absolute atomic E-state index is 0.141. The van der Waals surface area contributed by atoms with Gasteiger partial charge in [0.15, 0.2) is 0 Å². The van der Waals surface area contributed by atoms with Gasteiger partial charge in [0.25, 0.3) is 11.8 Å². The lowest BCUT2D eigenvalue weighted by molar-refractivity contribution is 0.0935. The van der Waals surface area contributed by atoms with Crippen LogP contribution in [0, 0.1) is 13.8 Å². The largest absolute Gasteiger partial charge is 0.342 e. The van der Waals surface area contributed by atoms with Gasteiger partial charge < -0.3 is 15.6 Å². The smallest absolute Gasteiger partial charge is 0.271 e. The Bertz CT molecular complexity index is 1390. The summed E-state index contributed by atoms with van der Waals surface area (Å²) >= 11 is 1.20. The predicted molar refractivity (Wildman–Crippen MR) is 122 cm³/mol. The van der Waals surface area contributed by atoms with Gasteiger partial charge in [0.05, 0.1) is 12.2 Å². The summed E-state index contributed by atoms with van der Waals surface area (Å²) in [7, 11) is 0. The van der Waals surface area contributed by atoms with Crippen molar-refractivity contribution in [2.75, 3.05) is 5.32 Å². The Hall–Kier alpha value is -3.92. The maximum absolute atomic E-state index is 12.8. The first-order chi connectivity index (χ1) is 15.3. The number of aromatic amines is 1. The van der Waals surface area contributed by atoms with E-state index in [2.05, 4.69) is 30.6 Å². The summed E-state index contributed by atoms with van der Waals surface area (Å²) in [5, 5.41) is 6.71. The van der Waals surface area contributed by atoms with E-state index in [4.69, 9.17) is 0 Å². The molecule has 3 N–H and O–H groups in total. The average Bonchev–Trinajstić information content (AvgIpc) is 3.26. The molecular weight excluding hydrogens is 428 g/mol. The lowest BCUT2D eigenvalue weighted by Crippen LogP contribution is -2.27. The van der Waals surface area contributed by atoms with Gasteiger partial charge in [-0.05, 0) is 50.1 Å². The number of pyridine rings is 1. The van der Waals surface area contributed by atoms with Crippen LogP contribution in [0.5, 0.6) is 0 Å². The molecule has 0 spiro atoms. The second-order valence-electron chi connectivity index (χ2n) is 7.32. The van der Waals surface area contributed by atoms with E-state index in [1.54, 1.807) is 6.92 Å². The van der Waals surface area contributed by atoms with E-state index in [0.29, 0.717) is 21.0 Å². The minimum Gasteiger partial charge on any atom is -0.342 e. The van der Waals surface area contributed by atoms with Crippen molar-refractivity contribution in [3.8, 4) is 0 Å². The number of hydrogen-bond acceptors (Lipinski definition) is 7. The van der Waals surface area contributed by atoms with Crippen LogP contribution in [0.3, 0.4) is 0 Å². The van der Waals surface area contributed by atoms with E-state index >= 15 is 0 Å². The van der Waals surface area contributed by atoms with E-state index < -0.39 is 11.9 Å². The van der Waals surface area contributed by atoms with Crippen LogP contribution in [0.15, 0.2) is 47.7 Å². The fraction of sp³-hybridized carbons (Fsp3) is 0.182. The second kappa shape index (κ2) is 8.67. The Morgan fingerprint density at radius 3 is 2.62 bits per heavy atom. The molecule has 0 aliphatic rings. The third kappa shape index (κ3) is 4.40. The van der Waals surface area contributed by atoms with Crippen LogP contribution >= 0.6 is 11.3 Å². The molecule has 1 aromatic carbocycles. The van der Waals surface area contributed by atoms with Crippen LogP contribution in [0.4, 0.5) is 5.69 Å². The molecule has 4 aromatic rings. The Morgan fingerprint density at radius 1 is 1.03 bits per heavy atom. The first-order valence-electron chi connectivity index (χ1n) is 9.81. The number of amides is 2. The van der Waals surface area contributed by atoms with Gasteiger partial charge in [-0.25, -0.2) is 15.0 Å². The molecule has 0 fully saturated rings. The van der Waals surface area contributed by atoms with Crippen molar-refractivity contribution in [3.05, 3.63) is 79.9 Å². The fourth-order valence-corrected chi connectivity index (χ4v) is 3.90. The zero-order valence-electron chi connectivity index (χ0n) is 17.6. The maximum Gasteiger partial charge on any atom is 0.271 e. The number of fused-ring (bicyclic) bond motifs is 1. The summed E-state index contributed by atoms with van der Waals surface area (Å²) < 4.78 is 0. The third-order valence-corrected chi connectivity index (χ3v) is 6.15. The van der Waals surface area contributed by atoms with Crippen LogP contribution in [-0.4, -0.2) is 31.8 Å². The molecular formula is C22H20N6O3S. The molecule has 0 unspecified atom stereocenters. The number of aryl methyl sites for hydroxylation is 2. The summed E-state index contributed by atoms with van der Waals surface area (Å²) in [6, 6.07) is 8.08. The molecule has 0 radical (unpaired) electrons. The third-order valence-electron chi connectivity index (χ3n) is 4.97. The van der Waals surface area contributed by atoms with Crippen LogP contribution in [-0.2, 0) is 0 Å². The number of carbonyl (C=O) groups excluding carboxylic acids is 2. The Kier molecular flexibility index (Phi) is 5.78. The van der Waals surface area contributed by atoms with Gasteiger partial charge in [0, 0.05) is 17.1 Å². The molecule has 10 heteroatoms. The minimum atomic E-state index is -0.455. The van der Waals surface area contributed by atoms with Crippen molar-refractivity contribution in [1.29, 1.82) is 0 Å².